The Kier molecular flexibility index (Phi) is 5.33. The van der Waals surface area contributed by atoms with Crippen LogP contribution in [0.5, 0.6) is 0 Å². The highest BCUT2D eigenvalue weighted by Crippen LogP contribution is 2.31. The molecule has 1 aromatic heterocycles. The van der Waals surface area contributed by atoms with Gasteiger partial charge in [0, 0.05) is 12.6 Å². The first kappa shape index (κ1) is 13.6. The fraction of sp³-hybridized carbons (Fsp3) is 0.600. The first-order chi connectivity index (χ1) is 7.60. The van der Waals surface area contributed by atoms with E-state index in [9.17, 15) is 0 Å². The van der Waals surface area contributed by atoms with E-state index in [0.29, 0.717) is 30.0 Å². The van der Waals surface area contributed by atoms with E-state index in [2.05, 4.69) is 29.8 Å². The summed E-state index contributed by atoms with van der Waals surface area (Å²) in [7, 11) is 0. The van der Waals surface area contributed by atoms with Gasteiger partial charge in [-0.2, -0.15) is 5.26 Å². The minimum absolute atomic E-state index is 0.291. The Morgan fingerprint density at radius 1 is 1.56 bits per heavy atom. The van der Waals surface area contributed by atoms with Gasteiger partial charge >= 0.3 is 0 Å². The molecule has 0 saturated carbocycles. The van der Waals surface area contributed by atoms with Gasteiger partial charge in [-0.3, -0.25) is 0 Å². The third-order valence-corrected chi connectivity index (χ3v) is 4.04. The smallest absolute Gasteiger partial charge is 0.187 e. The zero-order chi connectivity index (χ0) is 12.1. The lowest BCUT2D eigenvalue weighted by molar-refractivity contribution is 0.684. The first-order valence-corrected chi connectivity index (χ1v) is 6.67. The molecule has 0 aliphatic carbocycles. The molecular weight excluding hydrogens is 265 g/mol. The lowest BCUT2D eigenvalue weighted by atomic mass is 10.3. The highest BCUT2D eigenvalue weighted by Gasteiger charge is 2.16. The van der Waals surface area contributed by atoms with E-state index < -0.39 is 0 Å². The number of nitrogens with zero attached hydrogens (tertiary/aromatic N) is 3. The van der Waals surface area contributed by atoms with Crippen LogP contribution in [-0.2, 0) is 5.88 Å². The molecule has 1 aromatic rings. The normalized spacial score (nSPS) is 10.5. The SMILES string of the molecule is CC(C)N(CCC#N)c1nc(Cl)c(CCl)s1. The molecule has 3 nitrogen and oxygen atoms in total. The van der Waals surface area contributed by atoms with Crippen LogP contribution < -0.4 is 4.90 Å². The van der Waals surface area contributed by atoms with Gasteiger partial charge in [-0.1, -0.05) is 22.9 Å². The second-order valence-corrected chi connectivity index (χ2v) is 5.23. The monoisotopic (exact) mass is 277 g/mol. The van der Waals surface area contributed by atoms with Crippen molar-refractivity contribution in [2.24, 2.45) is 0 Å². The molecule has 1 rings (SSSR count). The van der Waals surface area contributed by atoms with Gasteiger partial charge in [-0.15, -0.1) is 11.6 Å². The van der Waals surface area contributed by atoms with Crippen molar-refractivity contribution in [3.63, 3.8) is 0 Å². The van der Waals surface area contributed by atoms with Crippen molar-refractivity contribution < 1.29 is 0 Å². The van der Waals surface area contributed by atoms with Crippen LogP contribution in [0.1, 0.15) is 25.1 Å². The molecule has 0 atom stereocenters. The summed E-state index contributed by atoms with van der Waals surface area (Å²) >= 11 is 13.2. The fourth-order valence-corrected chi connectivity index (χ4v) is 2.90. The predicted octanol–water partition coefficient (Wildman–Crippen LogP) is 3.66. The van der Waals surface area contributed by atoms with E-state index in [1.54, 1.807) is 0 Å². The third-order valence-electron chi connectivity index (χ3n) is 2.09. The van der Waals surface area contributed by atoms with Crippen LogP contribution in [-0.4, -0.2) is 17.6 Å². The Morgan fingerprint density at radius 2 is 2.25 bits per heavy atom. The lowest BCUT2D eigenvalue weighted by Crippen LogP contribution is -2.31. The number of halogens is 2. The largest absolute Gasteiger partial charge is 0.345 e. The molecule has 0 aliphatic heterocycles. The van der Waals surface area contributed by atoms with Crippen LogP contribution in [0.4, 0.5) is 5.13 Å². The first-order valence-electron chi connectivity index (χ1n) is 4.95. The summed E-state index contributed by atoms with van der Waals surface area (Å²) in [5.74, 6) is 0.376. The van der Waals surface area contributed by atoms with Crippen LogP contribution in [0.2, 0.25) is 5.15 Å². The molecule has 1 heterocycles. The number of hydrogen-bond donors (Lipinski definition) is 0. The maximum Gasteiger partial charge on any atom is 0.187 e. The van der Waals surface area contributed by atoms with Crippen molar-refractivity contribution in [3.05, 3.63) is 10.0 Å². The molecule has 0 bridgehead atoms. The summed E-state index contributed by atoms with van der Waals surface area (Å²) in [6.45, 7) is 4.79. The molecule has 0 unspecified atom stereocenters. The third kappa shape index (κ3) is 3.24. The average molecular weight is 278 g/mol. The number of rotatable bonds is 5. The highest BCUT2D eigenvalue weighted by atomic mass is 35.5. The molecule has 88 valence electrons. The van der Waals surface area contributed by atoms with Crippen LogP contribution >= 0.6 is 34.5 Å². The summed E-state index contributed by atoms with van der Waals surface area (Å²) < 4.78 is 0. The quantitative estimate of drug-likeness (QED) is 0.771. The van der Waals surface area contributed by atoms with Crippen LogP contribution in [0.25, 0.3) is 0 Å². The molecule has 16 heavy (non-hydrogen) atoms. The number of nitriles is 1. The van der Waals surface area contributed by atoms with Gasteiger partial charge in [0.2, 0.25) is 0 Å². The average Bonchev–Trinajstić information content (AvgIpc) is 2.59. The molecule has 0 saturated heterocycles. The Morgan fingerprint density at radius 3 is 2.69 bits per heavy atom. The van der Waals surface area contributed by atoms with Crippen LogP contribution in [0.15, 0.2) is 0 Å². The molecular formula is C10H13Cl2N3S. The Bertz CT molecular complexity index is 384. The minimum Gasteiger partial charge on any atom is -0.345 e. The number of alkyl halides is 1. The topological polar surface area (TPSA) is 39.9 Å². The predicted molar refractivity (Wildman–Crippen MR) is 69.4 cm³/mol. The van der Waals surface area contributed by atoms with Gasteiger partial charge in [-0.25, -0.2) is 4.98 Å². The summed E-state index contributed by atoms with van der Waals surface area (Å²) in [4.78, 5) is 7.21. The van der Waals surface area contributed by atoms with Gasteiger partial charge in [0.05, 0.1) is 23.2 Å². The Labute approximate surface area is 110 Å². The van der Waals surface area contributed by atoms with Crippen LogP contribution in [0, 0.1) is 11.3 Å². The van der Waals surface area contributed by atoms with E-state index in [4.69, 9.17) is 28.5 Å². The summed E-state index contributed by atoms with van der Waals surface area (Å²) in [5, 5.41) is 9.92. The van der Waals surface area contributed by atoms with Gasteiger partial charge in [-0.05, 0) is 13.8 Å². The molecule has 0 N–H and O–H groups in total. The Balaban J connectivity index is 2.88. The highest BCUT2D eigenvalue weighted by molar-refractivity contribution is 7.16. The number of anilines is 1. The molecule has 0 aromatic carbocycles. The number of hydrogen-bond acceptors (Lipinski definition) is 4. The molecule has 6 heteroatoms. The van der Waals surface area contributed by atoms with Crippen molar-refractivity contribution in [1.29, 1.82) is 5.26 Å². The second kappa shape index (κ2) is 6.29. The van der Waals surface area contributed by atoms with Gasteiger partial charge in [0.1, 0.15) is 5.15 Å². The maximum atomic E-state index is 8.61. The maximum absolute atomic E-state index is 8.61. The van der Waals surface area contributed by atoms with Crippen molar-refractivity contribution in [2.45, 2.75) is 32.2 Å². The molecule has 0 radical (unpaired) electrons. The number of aromatic nitrogens is 1. The van der Waals surface area contributed by atoms with E-state index in [1.165, 1.54) is 11.3 Å². The van der Waals surface area contributed by atoms with Crippen molar-refractivity contribution >= 4 is 39.7 Å². The molecule has 0 spiro atoms. The summed E-state index contributed by atoms with van der Waals surface area (Å²) in [6.07, 6.45) is 0.478. The minimum atomic E-state index is 0.291. The van der Waals surface area contributed by atoms with Crippen molar-refractivity contribution in [1.82, 2.24) is 4.98 Å². The molecule has 0 amide bonds. The zero-order valence-corrected chi connectivity index (χ0v) is 11.5. The van der Waals surface area contributed by atoms with E-state index in [1.807, 2.05) is 0 Å². The fourth-order valence-electron chi connectivity index (χ4n) is 1.27. The standard InChI is InChI=1S/C10H13Cl2N3S/c1-7(2)15(5-3-4-13)10-14-9(12)8(6-11)16-10/h7H,3,5-6H2,1-2H3. The molecule has 0 aliphatic rings. The zero-order valence-electron chi connectivity index (χ0n) is 9.20. The van der Waals surface area contributed by atoms with E-state index >= 15 is 0 Å². The van der Waals surface area contributed by atoms with Gasteiger partial charge in [0.15, 0.2) is 5.13 Å². The summed E-state index contributed by atoms with van der Waals surface area (Å²) in [5.41, 5.74) is 0. The van der Waals surface area contributed by atoms with Crippen molar-refractivity contribution in [3.8, 4) is 6.07 Å². The van der Waals surface area contributed by atoms with Crippen LogP contribution in [0.3, 0.4) is 0 Å². The van der Waals surface area contributed by atoms with Gasteiger partial charge < -0.3 is 4.90 Å². The molecule has 0 fully saturated rings. The Hall–Kier alpha value is -0.500. The second-order valence-electron chi connectivity index (χ2n) is 3.54. The number of thiazole rings is 1. The summed E-state index contributed by atoms with van der Waals surface area (Å²) in [6, 6.07) is 2.42. The van der Waals surface area contributed by atoms with E-state index in [0.717, 1.165) is 10.0 Å². The lowest BCUT2D eigenvalue weighted by Gasteiger charge is -2.24. The van der Waals surface area contributed by atoms with Crippen molar-refractivity contribution in [2.75, 3.05) is 11.4 Å². The van der Waals surface area contributed by atoms with Gasteiger partial charge in [0.25, 0.3) is 0 Å². The van der Waals surface area contributed by atoms with E-state index in [-0.39, 0.29) is 0 Å².